The minimum atomic E-state index is -4.67. The summed E-state index contributed by atoms with van der Waals surface area (Å²) in [5.41, 5.74) is 0. The van der Waals surface area contributed by atoms with E-state index in [9.17, 15) is 4.79 Å². The van der Waals surface area contributed by atoms with Crippen molar-refractivity contribution in [2.24, 2.45) is 0 Å². The van der Waals surface area contributed by atoms with E-state index in [1.54, 1.807) is 0 Å². The van der Waals surface area contributed by atoms with Crippen molar-refractivity contribution in [3.8, 4) is 0 Å². The molecule has 0 aliphatic rings. The normalized spacial score (nSPS) is 11.3. The van der Waals surface area contributed by atoms with Crippen LogP contribution in [-0.2, 0) is 19.9 Å². The smallest absolute Gasteiger partial charge is 0.394 e. The van der Waals surface area contributed by atoms with E-state index in [0.29, 0.717) is 13.0 Å². The second-order valence-electron chi connectivity index (χ2n) is 6.96. The lowest BCUT2D eigenvalue weighted by Crippen LogP contribution is -2.03. The van der Waals surface area contributed by atoms with Gasteiger partial charge in [-0.15, -0.1) is 0 Å². The van der Waals surface area contributed by atoms with E-state index in [4.69, 9.17) is 22.3 Å². The molecule has 0 aromatic carbocycles. The highest BCUT2D eigenvalue weighted by atomic mass is 32.3. The van der Waals surface area contributed by atoms with Crippen LogP contribution < -0.4 is 0 Å². The zero-order valence-corrected chi connectivity index (χ0v) is 18.7. The summed E-state index contributed by atoms with van der Waals surface area (Å²) in [5.74, 6) is -0.0715. The molecule has 0 amide bonds. The molecule has 0 aliphatic heterocycles. The molecular weight excluding hydrogens is 380 g/mol. The highest BCUT2D eigenvalue weighted by Gasteiger charge is 1.97. The molecule has 168 valence electrons. The third-order valence-corrected chi connectivity index (χ3v) is 4.21. The quantitative estimate of drug-likeness (QED) is 0.123. The van der Waals surface area contributed by atoms with E-state index >= 15 is 0 Å². The highest BCUT2D eigenvalue weighted by Crippen LogP contribution is 2.10. The number of hydrogen-bond donors (Lipinski definition) is 2. The summed E-state index contributed by atoms with van der Waals surface area (Å²) < 4.78 is 36.6. The first-order valence-corrected chi connectivity index (χ1v) is 12.2. The maximum Gasteiger partial charge on any atom is 0.394 e. The lowest BCUT2D eigenvalue weighted by molar-refractivity contribution is -0.143. The lowest BCUT2D eigenvalue weighted by Gasteiger charge is -2.03. The number of ether oxygens (including phenoxy) is 1. The molecule has 0 saturated heterocycles. The Labute approximate surface area is 172 Å². The first-order chi connectivity index (χ1) is 13.3. The Balaban J connectivity index is 0. The summed E-state index contributed by atoms with van der Waals surface area (Å²) in [6, 6.07) is 0. The van der Waals surface area contributed by atoms with Crippen molar-refractivity contribution in [2.45, 2.75) is 110 Å². The Morgan fingerprint density at radius 3 is 1.57 bits per heavy atom. The summed E-state index contributed by atoms with van der Waals surface area (Å²) in [4.78, 5) is 10.9. The van der Waals surface area contributed by atoms with E-state index in [1.165, 1.54) is 83.5 Å². The fourth-order valence-corrected chi connectivity index (χ4v) is 2.64. The van der Waals surface area contributed by atoms with Gasteiger partial charge >= 0.3 is 16.4 Å². The van der Waals surface area contributed by atoms with E-state index in [0.717, 1.165) is 6.42 Å². The van der Waals surface area contributed by atoms with Gasteiger partial charge in [-0.3, -0.25) is 13.9 Å². The molecule has 0 heterocycles. The summed E-state index contributed by atoms with van der Waals surface area (Å²) >= 11 is 0. The van der Waals surface area contributed by atoms with Crippen molar-refractivity contribution in [3.05, 3.63) is 12.2 Å². The summed E-state index contributed by atoms with van der Waals surface area (Å²) in [6.07, 6.45) is 23.5. The molecule has 2 N–H and O–H groups in total. The fraction of sp³-hybridized carbons (Fsp3) is 0.857. The number of unbranched alkanes of at least 4 members (excludes halogenated alkanes) is 12. The molecule has 0 fully saturated rings. The van der Waals surface area contributed by atoms with Gasteiger partial charge in [0.25, 0.3) is 0 Å². The minimum absolute atomic E-state index is 0.0715. The van der Waals surface area contributed by atoms with Gasteiger partial charge in [-0.1, -0.05) is 83.8 Å². The largest absolute Gasteiger partial charge is 0.466 e. The molecule has 0 bridgehead atoms. The third kappa shape index (κ3) is 36.1. The van der Waals surface area contributed by atoms with Crippen LogP contribution in [0.25, 0.3) is 0 Å². The molecule has 0 spiro atoms. The Bertz CT molecular complexity index is 452. The zero-order chi connectivity index (χ0) is 21.5. The van der Waals surface area contributed by atoms with Gasteiger partial charge in [0.15, 0.2) is 0 Å². The molecule has 0 radical (unpaired) electrons. The Kier molecular flexibility index (Phi) is 23.4. The van der Waals surface area contributed by atoms with Crippen molar-refractivity contribution in [3.63, 3.8) is 0 Å². The van der Waals surface area contributed by atoms with Crippen molar-refractivity contribution in [1.82, 2.24) is 0 Å². The van der Waals surface area contributed by atoms with Crippen molar-refractivity contribution in [1.29, 1.82) is 0 Å². The van der Waals surface area contributed by atoms with Gasteiger partial charge in [0.05, 0.1) is 6.61 Å². The summed E-state index contributed by atoms with van der Waals surface area (Å²) in [7, 11) is -4.67. The zero-order valence-electron chi connectivity index (χ0n) is 17.9. The highest BCUT2D eigenvalue weighted by molar-refractivity contribution is 7.79. The number of allylic oxidation sites excluding steroid dienone is 2. The van der Waals surface area contributed by atoms with Crippen molar-refractivity contribution >= 4 is 16.4 Å². The van der Waals surface area contributed by atoms with Gasteiger partial charge in [0.1, 0.15) is 0 Å². The monoisotopic (exact) mass is 422 g/mol. The second-order valence-corrected chi connectivity index (χ2v) is 7.86. The maximum absolute atomic E-state index is 10.9. The van der Waals surface area contributed by atoms with E-state index in [-0.39, 0.29) is 5.97 Å². The molecule has 0 aromatic heterocycles. The average Bonchev–Trinajstić information content (AvgIpc) is 2.62. The van der Waals surface area contributed by atoms with Gasteiger partial charge in [-0.25, -0.2) is 0 Å². The van der Waals surface area contributed by atoms with Crippen LogP contribution in [0.15, 0.2) is 12.2 Å². The van der Waals surface area contributed by atoms with Crippen LogP contribution >= 0.6 is 0 Å². The predicted octanol–water partition coefficient (Wildman–Crippen LogP) is 6.32. The van der Waals surface area contributed by atoms with Crippen LogP contribution in [0.1, 0.15) is 110 Å². The second kappa shape index (κ2) is 22.4. The summed E-state index contributed by atoms with van der Waals surface area (Å²) in [6.45, 7) is 4.71. The number of rotatable bonds is 17. The van der Waals surface area contributed by atoms with E-state index in [2.05, 4.69) is 19.1 Å². The lowest BCUT2D eigenvalue weighted by atomic mass is 10.1. The Morgan fingerprint density at radius 1 is 0.750 bits per heavy atom. The Hall–Kier alpha value is -0.920. The molecule has 6 nitrogen and oxygen atoms in total. The molecule has 7 heteroatoms. The number of carbonyl (C=O) groups is 1. The van der Waals surface area contributed by atoms with E-state index in [1.807, 2.05) is 6.92 Å². The van der Waals surface area contributed by atoms with Gasteiger partial charge < -0.3 is 4.74 Å². The fourth-order valence-electron chi connectivity index (χ4n) is 2.64. The minimum Gasteiger partial charge on any atom is -0.466 e. The molecule has 0 atom stereocenters. The molecule has 28 heavy (non-hydrogen) atoms. The standard InChI is InChI=1S/C21H40O2.H2O4S/c1-3-5-6-7-8-9-10-11-12-13-14-15-16-17-18-19-20-23-21(22)4-2;1-5(2,3)4/h11-12H,3-10,13-20H2,1-2H3;(H2,1,2,3,4)/b12-11-;. The first-order valence-electron chi connectivity index (χ1n) is 10.8. The van der Waals surface area contributed by atoms with Crippen LogP contribution in [0, 0.1) is 0 Å². The van der Waals surface area contributed by atoms with E-state index < -0.39 is 10.4 Å². The topological polar surface area (TPSA) is 101 Å². The van der Waals surface area contributed by atoms with Crippen molar-refractivity contribution < 1.29 is 27.1 Å². The average molecular weight is 423 g/mol. The van der Waals surface area contributed by atoms with Crippen LogP contribution in [-0.4, -0.2) is 30.1 Å². The van der Waals surface area contributed by atoms with Gasteiger partial charge in [0.2, 0.25) is 0 Å². The third-order valence-electron chi connectivity index (χ3n) is 4.21. The van der Waals surface area contributed by atoms with Gasteiger partial charge in [0, 0.05) is 6.42 Å². The first kappa shape index (κ1) is 29.3. The molecule has 0 rings (SSSR count). The number of carbonyl (C=O) groups excluding carboxylic acids is 1. The SMILES string of the molecule is CCCCCCCC/C=C\CCCCCCCCOC(=O)CC.O=S(=O)(O)O. The predicted molar refractivity (Wildman–Crippen MR) is 115 cm³/mol. The molecule has 0 aliphatic carbocycles. The van der Waals surface area contributed by atoms with Gasteiger partial charge in [-0.05, 0) is 32.1 Å². The molecule has 0 aromatic rings. The van der Waals surface area contributed by atoms with Crippen molar-refractivity contribution in [2.75, 3.05) is 6.61 Å². The number of esters is 1. The molecule has 0 saturated carbocycles. The molecule has 0 unspecified atom stereocenters. The van der Waals surface area contributed by atoms with Crippen LogP contribution in [0.3, 0.4) is 0 Å². The van der Waals surface area contributed by atoms with Crippen LogP contribution in [0.4, 0.5) is 0 Å². The molecular formula is C21H42O6S. The summed E-state index contributed by atoms with van der Waals surface area (Å²) in [5, 5.41) is 0. The van der Waals surface area contributed by atoms with Crippen LogP contribution in [0.5, 0.6) is 0 Å². The Morgan fingerprint density at radius 2 is 1.14 bits per heavy atom. The number of hydrogen-bond acceptors (Lipinski definition) is 4. The van der Waals surface area contributed by atoms with Gasteiger partial charge in [-0.2, -0.15) is 8.42 Å². The van der Waals surface area contributed by atoms with Crippen LogP contribution in [0.2, 0.25) is 0 Å². The maximum atomic E-state index is 10.9.